The Bertz CT molecular complexity index is 408. The molecule has 2 heterocycles. The van der Waals surface area contributed by atoms with E-state index in [-0.39, 0.29) is 6.61 Å². The average Bonchev–Trinajstić information content (AvgIpc) is 2.60. The molecule has 0 radical (unpaired) electrons. The molecule has 8 N–H and O–H groups in total. The van der Waals surface area contributed by atoms with Crippen molar-refractivity contribution >= 4 is 0 Å². The molecular weight excluding hydrogens is 348 g/mol. The molecular formula is C13H24O12. The SMILES string of the molecule is OCOCC1OC(O)[C@@H](O[C@@H]2OC(CO)[C@@H](O)C(O)[C@@H]2O)C(O)[C@@H]1O. The number of rotatable bonds is 6. The second-order valence-electron chi connectivity index (χ2n) is 5.84. The third-order valence-electron chi connectivity index (χ3n) is 4.18. The van der Waals surface area contributed by atoms with Gasteiger partial charge in [-0.25, -0.2) is 0 Å². The van der Waals surface area contributed by atoms with E-state index in [0.29, 0.717) is 0 Å². The first-order chi connectivity index (χ1) is 11.8. The molecule has 148 valence electrons. The topological polar surface area (TPSA) is 199 Å². The van der Waals surface area contributed by atoms with Crippen LogP contribution in [0.15, 0.2) is 0 Å². The molecule has 2 rings (SSSR count). The summed E-state index contributed by atoms with van der Waals surface area (Å²) in [4.78, 5) is 0. The Balaban J connectivity index is 2.03. The molecule has 0 aromatic rings. The second kappa shape index (κ2) is 8.94. The van der Waals surface area contributed by atoms with Gasteiger partial charge in [-0.05, 0) is 0 Å². The molecule has 5 unspecified atom stereocenters. The van der Waals surface area contributed by atoms with Crippen molar-refractivity contribution in [3.63, 3.8) is 0 Å². The summed E-state index contributed by atoms with van der Waals surface area (Å²) in [6.45, 7) is -1.64. The van der Waals surface area contributed by atoms with Crippen LogP contribution in [0.1, 0.15) is 0 Å². The highest BCUT2D eigenvalue weighted by molar-refractivity contribution is 4.93. The summed E-state index contributed by atoms with van der Waals surface area (Å²) in [5.74, 6) is 0. The van der Waals surface area contributed by atoms with Crippen LogP contribution in [0.5, 0.6) is 0 Å². The van der Waals surface area contributed by atoms with Gasteiger partial charge in [0.1, 0.15) is 55.6 Å². The molecule has 25 heavy (non-hydrogen) atoms. The Morgan fingerprint density at radius 3 is 1.96 bits per heavy atom. The van der Waals surface area contributed by atoms with Gasteiger partial charge in [0.25, 0.3) is 0 Å². The standard InChI is InChI=1S/C13H24O12/c14-1-4-6(16)8(18)10(20)13(24-4)25-11-9(19)7(17)5(2-22-3-15)23-12(11)21/h4-21H,1-3H2/t4?,5?,6-,7-,8?,9?,10+,11+,12?,13+/m1/s1. The zero-order valence-corrected chi connectivity index (χ0v) is 13.1. The highest BCUT2D eigenvalue weighted by Crippen LogP contribution is 2.28. The van der Waals surface area contributed by atoms with Gasteiger partial charge in [-0.1, -0.05) is 0 Å². The van der Waals surface area contributed by atoms with E-state index in [4.69, 9.17) is 24.4 Å². The molecule has 0 aromatic carbocycles. The van der Waals surface area contributed by atoms with Gasteiger partial charge in [-0.3, -0.25) is 0 Å². The highest BCUT2D eigenvalue weighted by Gasteiger charge is 2.50. The van der Waals surface area contributed by atoms with Gasteiger partial charge in [-0.2, -0.15) is 0 Å². The first-order valence-electron chi connectivity index (χ1n) is 7.66. The van der Waals surface area contributed by atoms with Crippen molar-refractivity contribution in [1.82, 2.24) is 0 Å². The molecule has 10 atom stereocenters. The molecule has 0 amide bonds. The molecule has 12 heteroatoms. The quantitative estimate of drug-likeness (QED) is 0.206. The first kappa shape index (κ1) is 20.8. The summed E-state index contributed by atoms with van der Waals surface area (Å²) in [5, 5.41) is 77.0. The number of ether oxygens (including phenoxy) is 4. The Morgan fingerprint density at radius 1 is 0.720 bits per heavy atom. The summed E-state index contributed by atoms with van der Waals surface area (Å²) >= 11 is 0. The molecule has 2 saturated heterocycles. The van der Waals surface area contributed by atoms with E-state index < -0.39 is 74.8 Å². The first-order valence-corrected chi connectivity index (χ1v) is 7.66. The van der Waals surface area contributed by atoms with E-state index in [1.54, 1.807) is 0 Å². The predicted molar refractivity (Wildman–Crippen MR) is 74.6 cm³/mol. The number of aliphatic hydroxyl groups is 8. The van der Waals surface area contributed by atoms with Crippen molar-refractivity contribution in [3.8, 4) is 0 Å². The molecule has 12 nitrogen and oxygen atoms in total. The molecule has 0 saturated carbocycles. The van der Waals surface area contributed by atoms with Gasteiger partial charge in [0.2, 0.25) is 0 Å². The van der Waals surface area contributed by atoms with Crippen LogP contribution in [0.3, 0.4) is 0 Å². The van der Waals surface area contributed by atoms with Crippen LogP contribution in [0.2, 0.25) is 0 Å². The second-order valence-corrected chi connectivity index (χ2v) is 5.84. The van der Waals surface area contributed by atoms with Gasteiger partial charge >= 0.3 is 0 Å². The maximum atomic E-state index is 10.1. The number of aliphatic hydroxyl groups excluding tert-OH is 8. The molecule has 2 aliphatic heterocycles. The van der Waals surface area contributed by atoms with Crippen molar-refractivity contribution in [1.29, 1.82) is 0 Å². The fourth-order valence-corrected chi connectivity index (χ4v) is 2.71. The van der Waals surface area contributed by atoms with Crippen molar-refractivity contribution in [2.24, 2.45) is 0 Å². The largest absolute Gasteiger partial charge is 0.394 e. The van der Waals surface area contributed by atoms with Crippen LogP contribution in [-0.4, -0.2) is 122 Å². The molecule has 2 aliphatic rings. The monoisotopic (exact) mass is 372 g/mol. The zero-order chi connectivity index (χ0) is 18.7. The maximum Gasteiger partial charge on any atom is 0.187 e. The summed E-state index contributed by atoms with van der Waals surface area (Å²) in [6.07, 6.45) is -15.6. The predicted octanol–water partition coefficient (Wildman–Crippen LogP) is -5.42. The fourth-order valence-electron chi connectivity index (χ4n) is 2.71. The summed E-state index contributed by atoms with van der Waals surface area (Å²) in [5.41, 5.74) is 0. The van der Waals surface area contributed by atoms with Crippen molar-refractivity contribution in [3.05, 3.63) is 0 Å². The average molecular weight is 372 g/mol. The van der Waals surface area contributed by atoms with E-state index in [0.717, 1.165) is 0 Å². The Kier molecular flexibility index (Phi) is 7.45. The molecule has 0 aromatic heterocycles. The van der Waals surface area contributed by atoms with Gasteiger partial charge in [-0.15, -0.1) is 0 Å². The summed E-state index contributed by atoms with van der Waals surface area (Å²) < 4.78 is 20.0. The van der Waals surface area contributed by atoms with E-state index in [1.807, 2.05) is 0 Å². The maximum absolute atomic E-state index is 10.1. The Hall–Kier alpha value is -0.480. The van der Waals surface area contributed by atoms with Crippen LogP contribution in [0, 0.1) is 0 Å². The van der Waals surface area contributed by atoms with Crippen molar-refractivity contribution < 1.29 is 59.8 Å². The van der Waals surface area contributed by atoms with Crippen LogP contribution in [0.4, 0.5) is 0 Å². The van der Waals surface area contributed by atoms with Gasteiger partial charge in [0.05, 0.1) is 13.2 Å². The van der Waals surface area contributed by atoms with Gasteiger partial charge < -0.3 is 59.8 Å². The summed E-state index contributed by atoms with van der Waals surface area (Å²) in [7, 11) is 0. The lowest BCUT2D eigenvalue weighted by molar-refractivity contribution is -0.362. The third-order valence-corrected chi connectivity index (χ3v) is 4.18. The lowest BCUT2D eigenvalue weighted by Gasteiger charge is -2.45. The van der Waals surface area contributed by atoms with Gasteiger partial charge in [0, 0.05) is 0 Å². The molecule has 0 spiro atoms. The number of hydrogen-bond acceptors (Lipinski definition) is 12. The summed E-state index contributed by atoms with van der Waals surface area (Å²) in [6, 6.07) is 0. The molecule has 0 aliphatic carbocycles. The minimum Gasteiger partial charge on any atom is -0.394 e. The zero-order valence-electron chi connectivity index (χ0n) is 13.1. The Labute approximate surface area is 142 Å². The van der Waals surface area contributed by atoms with E-state index in [2.05, 4.69) is 4.74 Å². The van der Waals surface area contributed by atoms with E-state index in [9.17, 15) is 30.6 Å². The lowest BCUT2D eigenvalue weighted by Crippen LogP contribution is -2.64. The van der Waals surface area contributed by atoms with Crippen LogP contribution >= 0.6 is 0 Å². The van der Waals surface area contributed by atoms with Crippen LogP contribution in [-0.2, 0) is 18.9 Å². The van der Waals surface area contributed by atoms with Crippen LogP contribution in [0.25, 0.3) is 0 Å². The lowest BCUT2D eigenvalue weighted by atomic mass is 9.97. The minimum absolute atomic E-state index is 0.307. The van der Waals surface area contributed by atoms with E-state index in [1.165, 1.54) is 0 Å². The minimum atomic E-state index is -1.75. The fraction of sp³-hybridized carbons (Fsp3) is 1.00. The molecule has 0 bridgehead atoms. The normalized spacial score (nSPS) is 48.5. The highest BCUT2D eigenvalue weighted by atomic mass is 16.7. The number of hydrogen-bond donors (Lipinski definition) is 8. The molecule has 2 fully saturated rings. The van der Waals surface area contributed by atoms with Crippen molar-refractivity contribution in [2.45, 2.75) is 61.4 Å². The third kappa shape index (κ3) is 4.44. The van der Waals surface area contributed by atoms with Gasteiger partial charge in [0.15, 0.2) is 12.6 Å². The van der Waals surface area contributed by atoms with Crippen molar-refractivity contribution in [2.75, 3.05) is 20.0 Å². The van der Waals surface area contributed by atoms with E-state index >= 15 is 0 Å². The smallest absolute Gasteiger partial charge is 0.187 e. The Morgan fingerprint density at radius 2 is 1.36 bits per heavy atom. The van der Waals surface area contributed by atoms with Crippen LogP contribution < -0.4 is 0 Å².